The Morgan fingerprint density at radius 1 is 1.19 bits per heavy atom. The zero-order chi connectivity index (χ0) is 14.7. The maximum atomic E-state index is 12.2. The highest BCUT2D eigenvalue weighted by Gasteiger charge is 2.11. The van der Waals surface area contributed by atoms with Crippen LogP contribution in [0.15, 0.2) is 59.3 Å². The number of hydrogen-bond donors (Lipinski definition) is 2. The Morgan fingerprint density at radius 2 is 1.95 bits per heavy atom. The third-order valence-corrected chi connectivity index (χ3v) is 3.12. The second-order valence-corrected chi connectivity index (χ2v) is 4.57. The molecule has 5 nitrogen and oxygen atoms in total. The number of para-hydroxylation sites is 1. The Bertz CT molecular complexity index is 841. The van der Waals surface area contributed by atoms with E-state index >= 15 is 0 Å². The molecule has 2 aromatic heterocycles. The fourth-order valence-corrected chi connectivity index (χ4v) is 2.03. The molecule has 104 valence electrons. The third-order valence-electron chi connectivity index (χ3n) is 3.12. The average Bonchev–Trinajstić information content (AvgIpc) is 2.53. The van der Waals surface area contributed by atoms with Crippen molar-refractivity contribution in [2.75, 3.05) is 0 Å². The highest BCUT2D eigenvalue weighted by Crippen LogP contribution is 2.12. The molecule has 5 heteroatoms. The fraction of sp³-hybridized carbons (Fsp3) is 0.0625. The van der Waals surface area contributed by atoms with Gasteiger partial charge < -0.3 is 9.73 Å². The second-order valence-electron chi connectivity index (χ2n) is 4.57. The molecule has 0 unspecified atom stereocenters. The highest BCUT2D eigenvalue weighted by atomic mass is 16.3. The highest BCUT2D eigenvalue weighted by molar-refractivity contribution is 5.96. The first-order valence-electron chi connectivity index (χ1n) is 6.48. The topological polar surface area (TPSA) is 79.0 Å². The minimum absolute atomic E-state index is 0.138. The molecule has 2 N–H and O–H groups in total. The van der Waals surface area contributed by atoms with Crippen LogP contribution in [0.2, 0.25) is 0 Å². The summed E-state index contributed by atoms with van der Waals surface area (Å²) in [6, 6.07) is 12.6. The van der Waals surface area contributed by atoms with Crippen LogP contribution in [0.1, 0.15) is 15.9 Å². The van der Waals surface area contributed by atoms with Crippen LogP contribution in [0.3, 0.4) is 0 Å². The summed E-state index contributed by atoms with van der Waals surface area (Å²) in [6.07, 6.45) is 3.34. The molecule has 1 aromatic carbocycles. The maximum absolute atomic E-state index is 12.2. The van der Waals surface area contributed by atoms with Crippen molar-refractivity contribution in [2.24, 2.45) is 0 Å². The molecule has 0 saturated heterocycles. The van der Waals surface area contributed by atoms with Crippen LogP contribution in [0, 0.1) is 5.41 Å². The maximum Gasteiger partial charge on any atom is 0.257 e. The van der Waals surface area contributed by atoms with E-state index < -0.39 is 0 Å². The average molecular weight is 279 g/mol. The van der Waals surface area contributed by atoms with Crippen LogP contribution in [-0.2, 0) is 6.54 Å². The van der Waals surface area contributed by atoms with Crippen LogP contribution in [0.5, 0.6) is 0 Å². The normalized spacial score (nSPS) is 10.5. The summed E-state index contributed by atoms with van der Waals surface area (Å²) >= 11 is 0. The molecule has 0 spiro atoms. The van der Waals surface area contributed by atoms with Gasteiger partial charge in [-0.15, -0.1) is 0 Å². The van der Waals surface area contributed by atoms with Crippen molar-refractivity contribution in [1.29, 1.82) is 5.41 Å². The SMILES string of the molecule is N=c1oc2ccccc2cc1C(=O)NCc1ccncc1. The number of fused-ring (bicyclic) bond motifs is 1. The minimum Gasteiger partial charge on any atom is -0.438 e. The summed E-state index contributed by atoms with van der Waals surface area (Å²) in [5.41, 5.74) is 1.62. The number of carbonyl (C=O) groups is 1. The van der Waals surface area contributed by atoms with E-state index in [2.05, 4.69) is 10.3 Å². The number of carbonyl (C=O) groups excluding carboxylic acids is 1. The molecule has 0 aliphatic carbocycles. The minimum atomic E-state index is -0.327. The van der Waals surface area contributed by atoms with E-state index in [4.69, 9.17) is 9.83 Å². The predicted octanol–water partition coefficient (Wildman–Crippen LogP) is 2.24. The Morgan fingerprint density at radius 3 is 2.76 bits per heavy atom. The first-order valence-corrected chi connectivity index (χ1v) is 6.48. The van der Waals surface area contributed by atoms with Gasteiger partial charge in [0.25, 0.3) is 5.91 Å². The van der Waals surface area contributed by atoms with Crippen molar-refractivity contribution in [3.63, 3.8) is 0 Å². The van der Waals surface area contributed by atoms with Crippen LogP contribution in [0.4, 0.5) is 0 Å². The molecule has 3 rings (SSSR count). The Hall–Kier alpha value is -2.95. The molecule has 0 bridgehead atoms. The summed E-state index contributed by atoms with van der Waals surface area (Å²) < 4.78 is 5.36. The van der Waals surface area contributed by atoms with Gasteiger partial charge in [0.05, 0.1) is 0 Å². The van der Waals surface area contributed by atoms with Crippen molar-refractivity contribution in [3.05, 3.63) is 71.5 Å². The van der Waals surface area contributed by atoms with Gasteiger partial charge in [-0.25, -0.2) is 0 Å². The number of rotatable bonds is 3. The van der Waals surface area contributed by atoms with E-state index in [0.717, 1.165) is 10.9 Å². The fourth-order valence-electron chi connectivity index (χ4n) is 2.03. The van der Waals surface area contributed by atoms with Gasteiger partial charge >= 0.3 is 0 Å². The van der Waals surface area contributed by atoms with E-state index in [1.807, 2.05) is 30.3 Å². The molecular formula is C16H13N3O2. The second kappa shape index (κ2) is 5.58. The lowest BCUT2D eigenvalue weighted by Gasteiger charge is -2.06. The van der Waals surface area contributed by atoms with E-state index in [1.54, 1.807) is 24.5 Å². The molecular weight excluding hydrogens is 266 g/mol. The van der Waals surface area contributed by atoms with Gasteiger partial charge in [-0.05, 0) is 29.8 Å². The third kappa shape index (κ3) is 2.81. The molecule has 21 heavy (non-hydrogen) atoms. The lowest BCUT2D eigenvalue weighted by Crippen LogP contribution is -2.27. The summed E-state index contributed by atoms with van der Waals surface area (Å²) in [5, 5.41) is 11.4. The molecule has 3 aromatic rings. The zero-order valence-electron chi connectivity index (χ0n) is 11.2. The number of amides is 1. The van der Waals surface area contributed by atoms with Gasteiger partial charge in [-0.3, -0.25) is 15.2 Å². The van der Waals surface area contributed by atoms with Gasteiger partial charge in [0.15, 0.2) is 0 Å². The van der Waals surface area contributed by atoms with Gasteiger partial charge in [0, 0.05) is 24.3 Å². The summed E-state index contributed by atoms with van der Waals surface area (Å²) in [4.78, 5) is 16.1. The Balaban J connectivity index is 1.84. The van der Waals surface area contributed by atoms with Gasteiger partial charge in [0.1, 0.15) is 11.1 Å². The van der Waals surface area contributed by atoms with Crippen LogP contribution >= 0.6 is 0 Å². The number of nitrogens with one attached hydrogen (secondary N) is 2. The van der Waals surface area contributed by atoms with Crippen LogP contribution < -0.4 is 10.9 Å². The molecule has 0 aliphatic heterocycles. The van der Waals surface area contributed by atoms with Crippen molar-refractivity contribution in [2.45, 2.75) is 6.54 Å². The predicted molar refractivity (Wildman–Crippen MR) is 77.5 cm³/mol. The first-order chi connectivity index (χ1) is 10.2. The lowest BCUT2D eigenvalue weighted by molar-refractivity contribution is 0.0946. The van der Waals surface area contributed by atoms with Gasteiger partial charge in [-0.2, -0.15) is 0 Å². The number of aromatic nitrogens is 1. The Labute approximate surface area is 120 Å². The molecule has 0 fully saturated rings. The van der Waals surface area contributed by atoms with Gasteiger partial charge in [-0.1, -0.05) is 18.2 Å². The number of benzene rings is 1. The molecule has 2 heterocycles. The van der Waals surface area contributed by atoms with E-state index in [1.165, 1.54) is 0 Å². The molecule has 0 saturated carbocycles. The summed E-state index contributed by atoms with van der Waals surface area (Å²) in [6.45, 7) is 0.383. The summed E-state index contributed by atoms with van der Waals surface area (Å²) in [7, 11) is 0. The smallest absolute Gasteiger partial charge is 0.257 e. The molecule has 0 aliphatic rings. The monoisotopic (exact) mass is 279 g/mol. The van der Waals surface area contributed by atoms with Crippen LogP contribution in [-0.4, -0.2) is 10.9 Å². The quantitative estimate of drug-likeness (QED) is 0.771. The standard InChI is InChI=1S/C16H13N3O2/c17-15-13(9-12-3-1-2-4-14(12)21-15)16(20)19-10-11-5-7-18-8-6-11/h1-9,17H,10H2,(H,19,20). The molecule has 0 radical (unpaired) electrons. The number of pyridine rings is 1. The van der Waals surface area contributed by atoms with E-state index in [-0.39, 0.29) is 17.0 Å². The molecule has 1 amide bonds. The number of hydrogen-bond acceptors (Lipinski definition) is 4. The van der Waals surface area contributed by atoms with Crippen molar-refractivity contribution in [1.82, 2.24) is 10.3 Å². The van der Waals surface area contributed by atoms with E-state index in [9.17, 15) is 4.79 Å². The Kier molecular flexibility index (Phi) is 3.47. The largest absolute Gasteiger partial charge is 0.438 e. The van der Waals surface area contributed by atoms with E-state index in [0.29, 0.717) is 12.1 Å². The van der Waals surface area contributed by atoms with Crippen molar-refractivity contribution >= 4 is 16.9 Å². The zero-order valence-corrected chi connectivity index (χ0v) is 11.2. The summed E-state index contributed by atoms with van der Waals surface area (Å²) in [5.74, 6) is -0.327. The van der Waals surface area contributed by atoms with Crippen LogP contribution in [0.25, 0.3) is 11.0 Å². The lowest BCUT2D eigenvalue weighted by atomic mass is 10.1. The number of nitrogens with zero attached hydrogens (tertiary/aromatic N) is 1. The van der Waals surface area contributed by atoms with Crippen molar-refractivity contribution < 1.29 is 9.21 Å². The van der Waals surface area contributed by atoms with Crippen molar-refractivity contribution in [3.8, 4) is 0 Å². The molecule has 0 atom stereocenters. The first kappa shape index (κ1) is 13.1. The van der Waals surface area contributed by atoms with Gasteiger partial charge in [0.2, 0.25) is 5.55 Å².